The van der Waals surface area contributed by atoms with Gasteiger partial charge >= 0.3 is 0 Å². The zero-order valence-corrected chi connectivity index (χ0v) is 14.0. The number of aryl methyl sites for hydroxylation is 2. The van der Waals surface area contributed by atoms with Crippen molar-refractivity contribution in [1.29, 1.82) is 0 Å². The lowest BCUT2D eigenvalue weighted by Crippen LogP contribution is -2.38. The zero-order chi connectivity index (χ0) is 15.7. The van der Waals surface area contributed by atoms with Crippen LogP contribution < -0.4 is 10.6 Å². The molecule has 0 atom stereocenters. The predicted molar refractivity (Wildman–Crippen MR) is 86.9 cm³/mol. The van der Waals surface area contributed by atoms with Crippen LogP contribution in [-0.4, -0.2) is 48.6 Å². The number of guanidine groups is 1. The molecule has 0 radical (unpaired) electrons. The Morgan fingerprint density at radius 2 is 2.05 bits per heavy atom. The summed E-state index contributed by atoms with van der Waals surface area (Å²) in [4.78, 5) is 4.48. The van der Waals surface area contributed by atoms with Crippen molar-refractivity contribution >= 4 is 5.96 Å². The van der Waals surface area contributed by atoms with Crippen molar-refractivity contribution in [2.45, 2.75) is 34.1 Å². The molecule has 0 amide bonds. The Bertz CT molecular complexity index is 453. The number of hydrogen-bond acceptors (Lipinski definition) is 3. The molecule has 1 aromatic rings. The van der Waals surface area contributed by atoms with Gasteiger partial charge in [-0.25, -0.2) is 0 Å². The van der Waals surface area contributed by atoms with Gasteiger partial charge in [0.2, 0.25) is 0 Å². The summed E-state index contributed by atoms with van der Waals surface area (Å²) in [5, 5.41) is 11.0. The minimum absolute atomic E-state index is 0.661. The van der Waals surface area contributed by atoms with Crippen LogP contribution in [0.4, 0.5) is 0 Å². The molecule has 120 valence electrons. The third-order valence-electron chi connectivity index (χ3n) is 3.38. The van der Waals surface area contributed by atoms with Gasteiger partial charge in [-0.2, -0.15) is 5.10 Å². The molecule has 0 aliphatic rings. The molecule has 2 N–H and O–H groups in total. The summed E-state index contributed by atoms with van der Waals surface area (Å²) in [6, 6.07) is 0. The van der Waals surface area contributed by atoms with Gasteiger partial charge in [0.1, 0.15) is 0 Å². The summed E-state index contributed by atoms with van der Waals surface area (Å²) in [6.07, 6.45) is 0.946. The molecular weight excluding hydrogens is 266 g/mol. The Balaban J connectivity index is 2.46. The van der Waals surface area contributed by atoms with Crippen LogP contribution >= 0.6 is 0 Å². The number of nitrogens with zero attached hydrogens (tertiary/aromatic N) is 3. The molecule has 0 aliphatic heterocycles. The molecule has 0 aromatic carbocycles. The average Bonchev–Trinajstić information content (AvgIpc) is 2.69. The molecule has 1 aromatic heterocycles. The van der Waals surface area contributed by atoms with Crippen LogP contribution in [0.1, 0.15) is 30.8 Å². The number of aliphatic imine (C=N–C) groups is 1. The number of rotatable bonds is 8. The van der Waals surface area contributed by atoms with Gasteiger partial charge in [0.15, 0.2) is 5.96 Å². The quantitative estimate of drug-likeness (QED) is 0.429. The fourth-order valence-electron chi connectivity index (χ4n) is 2.19. The molecule has 0 fully saturated rings. The number of aromatic nitrogens is 2. The summed E-state index contributed by atoms with van der Waals surface area (Å²) >= 11 is 0. The van der Waals surface area contributed by atoms with Crippen LogP contribution in [0.2, 0.25) is 0 Å². The highest BCUT2D eigenvalue weighted by Gasteiger charge is 2.08. The number of hydrogen-bond donors (Lipinski definition) is 2. The minimum atomic E-state index is 0.661. The highest BCUT2D eigenvalue weighted by molar-refractivity contribution is 5.79. The van der Waals surface area contributed by atoms with E-state index in [4.69, 9.17) is 4.74 Å². The predicted octanol–water partition coefficient (Wildman–Crippen LogP) is 1.17. The van der Waals surface area contributed by atoms with Crippen LogP contribution in [0, 0.1) is 13.8 Å². The molecular formula is C15H29N5O. The van der Waals surface area contributed by atoms with Gasteiger partial charge in [-0.1, -0.05) is 0 Å². The van der Waals surface area contributed by atoms with Crippen LogP contribution in [0.5, 0.6) is 0 Å². The summed E-state index contributed by atoms with van der Waals surface area (Å²) in [6.45, 7) is 12.0. The lowest BCUT2D eigenvalue weighted by Gasteiger charge is -2.11. The standard InChI is InChI=1S/C15H29N5O/c1-6-16-15(18-10-11-21-7-2)17-9-8-14-12(3)19-20(5)13(14)4/h6-11H2,1-5H3,(H2,16,17,18). The van der Waals surface area contributed by atoms with Gasteiger partial charge in [0.25, 0.3) is 0 Å². The van der Waals surface area contributed by atoms with Crippen LogP contribution in [0.15, 0.2) is 4.99 Å². The van der Waals surface area contributed by atoms with E-state index in [-0.39, 0.29) is 0 Å². The number of ether oxygens (including phenoxy) is 1. The SMILES string of the molecule is CCNC(=NCCOCC)NCCc1c(C)nn(C)c1C. The molecule has 6 heteroatoms. The smallest absolute Gasteiger partial charge is 0.191 e. The third kappa shape index (κ3) is 5.75. The van der Waals surface area contributed by atoms with Gasteiger partial charge in [-0.3, -0.25) is 9.67 Å². The van der Waals surface area contributed by atoms with Crippen molar-refractivity contribution in [3.05, 3.63) is 17.0 Å². The Morgan fingerprint density at radius 3 is 2.62 bits per heavy atom. The number of nitrogens with one attached hydrogen (secondary N) is 2. The molecule has 0 aliphatic carbocycles. The van der Waals surface area contributed by atoms with Crippen LogP contribution in [0.3, 0.4) is 0 Å². The highest BCUT2D eigenvalue weighted by Crippen LogP contribution is 2.11. The fraction of sp³-hybridized carbons (Fsp3) is 0.733. The lowest BCUT2D eigenvalue weighted by atomic mass is 10.1. The topological polar surface area (TPSA) is 63.5 Å². The van der Waals surface area contributed by atoms with Crippen molar-refractivity contribution in [3.8, 4) is 0 Å². The van der Waals surface area contributed by atoms with Crippen molar-refractivity contribution in [2.75, 3.05) is 32.8 Å². The zero-order valence-electron chi connectivity index (χ0n) is 14.0. The Hall–Kier alpha value is -1.56. The molecule has 0 saturated heterocycles. The monoisotopic (exact) mass is 295 g/mol. The summed E-state index contributed by atoms with van der Waals surface area (Å²) in [7, 11) is 1.98. The third-order valence-corrected chi connectivity index (χ3v) is 3.38. The first kappa shape index (κ1) is 17.5. The van der Waals surface area contributed by atoms with Crippen molar-refractivity contribution in [2.24, 2.45) is 12.0 Å². The van der Waals surface area contributed by atoms with E-state index in [1.165, 1.54) is 11.3 Å². The molecule has 6 nitrogen and oxygen atoms in total. The second-order valence-corrected chi connectivity index (χ2v) is 4.91. The normalized spacial score (nSPS) is 11.8. The van der Waals surface area contributed by atoms with E-state index >= 15 is 0 Å². The maximum Gasteiger partial charge on any atom is 0.191 e. The highest BCUT2D eigenvalue weighted by atomic mass is 16.5. The summed E-state index contributed by atoms with van der Waals surface area (Å²) < 4.78 is 7.23. The van der Waals surface area contributed by atoms with Gasteiger partial charge in [0.05, 0.1) is 18.8 Å². The molecule has 0 spiro atoms. The van der Waals surface area contributed by atoms with Gasteiger partial charge in [-0.05, 0) is 39.7 Å². The van der Waals surface area contributed by atoms with E-state index in [0.29, 0.717) is 13.2 Å². The average molecular weight is 295 g/mol. The van der Waals surface area contributed by atoms with Crippen molar-refractivity contribution in [3.63, 3.8) is 0 Å². The maximum atomic E-state index is 5.30. The fourth-order valence-corrected chi connectivity index (χ4v) is 2.19. The summed E-state index contributed by atoms with van der Waals surface area (Å²) in [5.41, 5.74) is 3.65. The maximum absolute atomic E-state index is 5.30. The first-order chi connectivity index (χ1) is 10.1. The van der Waals surface area contributed by atoms with E-state index in [1.807, 2.05) is 18.7 Å². The van der Waals surface area contributed by atoms with E-state index in [0.717, 1.165) is 37.8 Å². The van der Waals surface area contributed by atoms with Gasteiger partial charge in [0, 0.05) is 32.4 Å². The lowest BCUT2D eigenvalue weighted by molar-refractivity contribution is 0.155. The molecule has 0 bridgehead atoms. The van der Waals surface area contributed by atoms with E-state index in [2.05, 4.69) is 41.5 Å². The molecule has 1 heterocycles. The van der Waals surface area contributed by atoms with Gasteiger partial charge in [-0.15, -0.1) is 0 Å². The second kappa shape index (κ2) is 9.39. The Kier molecular flexibility index (Phi) is 7.82. The molecule has 0 saturated carbocycles. The van der Waals surface area contributed by atoms with Crippen LogP contribution in [-0.2, 0) is 18.2 Å². The first-order valence-electron chi connectivity index (χ1n) is 7.69. The molecule has 0 unspecified atom stereocenters. The van der Waals surface area contributed by atoms with Gasteiger partial charge < -0.3 is 15.4 Å². The van der Waals surface area contributed by atoms with E-state index in [1.54, 1.807) is 0 Å². The largest absolute Gasteiger partial charge is 0.380 e. The summed E-state index contributed by atoms with van der Waals surface area (Å²) in [5.74, 6) is 0.844. The Morgan fingerprint density at radius 1 is 1.29 bits per heavy atom. The van der Waals surface area contributed by atoms with Crippen molar-refractivity contribution < 1.29 is 4.74 Å². The Labute approximate surface area is 128 Å². The molecule has 1 rings (SSSR count). The van der Waals surface area contributed by atoms with Crippen LogP contribution in [0.25, 0.3) is 0 Å². The van der Waals surface area contributed by atoms with Crippen molar-refractivity contribution in [1.82, 2.24) is 20.4 Å². The first-order valence-corrected chi connectivity index (χ1v) is 7.69. The van der Waals surface area contributed by atoms with E-state index < -0.39 is 0 Å². The van der Waals surface area contributed by atoms with E-state index in [9.17, 15) is 0 Å². The minimum Gasteiger partial charge on any atom is -0.380 e. The molecule has 21 heavy (non-hydrogen) atoms. The second-order valence-electron chi connectivity index (χ2n) is 4.91.